The average molecular weight is 621 g/mol. The molecule has 9 heteroatoms. The molecule has 0 aliphatic heterocycles. The molecule has 0 saturated carbocycles. The van der Waals surface area contributed by atoms with Crippen molar-refractivity contribution in [2.24, 2.45) is 0 Å². The SMILES string of the molecule is CCCCOc1ccc(-c2ccc(OCC(F)F)c(/C=C/C(=O)Cc3ccc(S(=O)Cc4cncn4CCC)cc3)c2)cc1. The topological polar surface area (TPSA) is 70.4 Å². The average Bonchev–Trinajstić information content (AvgIpc) is 3.46. The van der Waals surface area contributed by atoms with E-state index < -0.39 is 23.8 Å². The van der Waals surface area contributed by atoms with E-state index in [0.717, 1.165) is 53.9 Å². The number of hydrogen-bond donors (Lipinski definition) is 0. The van der Waals surface area contributed by atoms with Crippen LogP contribution in [0.1, 0.15) is 49.9 Å². The van der Waals surface area contributed by atoms with E-state index in [1.807, 2.05) is 34.9 Å². The van der Waals surface area contributed by atoms with Crippen LogP contribution < -0.4 is 9.47 Å². The fourth-order valence-corrected chi connectivity index (χ4v) is 5.67. The summed E-state index contributed by atoms with van der Waals surface area (Å²) in [7, 11) is -1.24. The molecule has 232 valence electrons. The number of aromatic nitrogens is 2. The molecule has 3 aromatic carbocycles. The van der Waals surface area contributed by atoms with Crippen LogP contribution >= 0.6 is 0 Å². The molecule has 0 N–H and O–H groups in total. The maximum atomic E-state index is 12.9. The van der Waals surface area contributed by atoms with Crippen LogP contribution in [0.2, 0.25) is 0 Å². The van der Waals surface area contributed by atoms with Crippen LogP contribution in [0.25, 0.3) is 17.2 Å². The smallest absolute Gasteiger partial charge is 0.272 e. The molecule has 4 aromatic rings. The number of ketones is 1. The standard InChI is InChI=1S/C35H38F2N2O4S/c1-3-5-19-42-32-13-9-27(10-14-32)28-11-17-34(43-23-35(36)37)29(21-28)8-12-31(40)20-26-6-15-33(16-7-26)44(41)24-30-22-38-25-39(30)18-4-2/h6-17,21-22,25,35H,3-5,18-20,23-24H2,1-2H3/b12-8+. The minimum absolute atomic E-state index is 0.138. The number of carbonyl (C=O) groups excluding carboxylic acids is 1. The van der Waals surface area contributed by atoms with Crippen molar-refractivity contribution in [2.45, 2.75) is 63.1 Å². The highest BCUT2D eigenvalue weighted by Gasteiger charge is 2.12. The zero-order valence-corrected chi connectivity index (χ0v) is 25.9. The monoisotopic (exact) mass is 620 g/mol. The van der Waals surface area contributed by atoms with Crippen LogP contribution in [0.4, 0.5) is 8.78 Å². The molecule has 1 heterocycles. The molecule has 0 saturated heterocycles. The van der Waals surface area contributed by atoms with E-state index in [1.54, 1.807) is 55.0 Å². The molecule has 0 spiro atoms. The first-order chi connectivity index (χ1) is 21.4. The van der Waals surface area contributed by atoms with Gasteiger partial charge in [-0.05, 0) is 78.1 Å². The third kappa shape index (κ3) is 9.71. The number of alkyl halides is 2. The summed E-state index contributed by atoms with van der Waals surface area (Å²) < 4.78 is 51.8. The number of benzene rings is 3. The Hall–Kier alpha value is -4.11. The molecule has 0 fully saturated rings. The van der Waals surface area contributed by atoms with Gasteiger partial charge in [0.05, 0.1) is 35.2 Å². The normalized spacial score (nSPS) is 12.1. The Kier molecular flexibility index (Phi) is 12.4. The van der Waals surface area contributed by atoms with Gasteiger partial charge < -0.3 is 14.0 Å². The van der Waals surface area contributed by atoms with Gasteiger partial charge in [-0.2, -0.15) is 0 Å². The number of unbranched alkanes of at least 4 members (excludes halogenated alkanes) is 1. The number of carbonyl (C=O) groups is 1. The van der Waals surface area contributed by atoms with E-state index >= 15 is 0 Å². The molecule has 0 bridgehead atoms. The van der Waals surface area contributed by atoms with Crippen molar-refractivity contribution in [3.8, 4) is 22.6 Å². The van der Waals surface area contributed by atoms with Crippen molar-refractivity contribution in [3.63, 3.8) is 0 Å². The number of nitrogens with zero attached hydrogens (tertiary/aromatic N) is 2. The summed E-state index contributed by atoms with van der Waals surface area (Å²) in [4.78, 5) is 17.7. The summed E-state index contributed by atoms with van der Waals surface area (Å²) in [6.07, 6.45) is 7.04. The van der Waals surface area contributed by atoms with Crippen molar-refractivity contribution in [3.05, 3.63) is 102 Å². The van der Waals surface area contributed by atoms with Crippen LogP contribution in [0.5, 0.6) is 11.5 Å². The van der Waals surface area contributed by atoms with E-state index in [9.17, 15) is 17.8 Å². The summed E-state index contributed by atoms with van der Waals surface area (Å²) in [5.74, 6) is 1.25. The molecule has 0 aliphatic carbocycles. The summed E-state index contributed by atoms with van der Waals surface area (Å²) in [5, 5.41) is 0. The van der Waals surface area contributed by atoms with Crippen molar-refractivity contribution in [2.75, 3.05) is 13.2 Å². The third-order valence-corrected chi connectivity index (χ3v) is 8.24. The molecule has 6 nitrogen and oxygen atoms in total. The lowest BCUT2D eigenvalue weighted by Crippen LogP contribution is -2.08. The van der Waals surface area contributed by atoms with Gasteiger partial charge in [0.15, 0.2) is 5.78 Å². The number of allylic oxidation sites excluding steroid dienone is 1. The Morgan fingerprint density at radius 2 is 1.73 bits per heavy atom. The fraction of sp³-hybridized carbons (Fsp3) is 0.314. The van der Waals surface area contributed by atoms with Crippen LogP contribution in [0.3, 0.4) is 0 Å². The van der Waals surface area contributed by atoms with Gasteiger partial charge in [0.25, 0.3) is 6.43 Å². The maximum Gasteiger partial charge on any atom is 0.272 e. The maximum absolute atomic E-state index is 12.9. The second-order valence-corrected chi connectivity index (χ2v) is 11.8. The number of aryl methyl sites for hydroxylation is 1. The lowest BCUT2D eigenvalue weighted by Gasteiger charge is -2.12. The molecule has 44 heavy (non-hydrogen) atoms. The highest BCUT2D eigenvalue weighted by atomic mass is 32.2. The third-order valence-electron chi connectivity index (χ3n) is 6.88. The Morgan fingerprint density at radius 3 is 2.43 bits per heavy atom. The second-order valence-electron chi connectivity index (χ2n) is 10.4. The molecular weight excluding hydrogens is 582 g/mol. The summed E-state index contributed by atoms with van der Waals surface area (Å²) >= 11 is 0. The molecule has 0 radical (unpaired) electrons. The Labute approximate surface area is 260 Å². The molecule has 4 rings (SSSR count). The number of ether oxygens (including phenoxy) is 2. The van der Waals surface area contributed by atoms with Gasteiger partial charge in [0.1, 0.15) is 18.1 Å². The first kappa shape index (κ1) is 32.8. The van der Waals surface area contributed by atoms with Crippen LogP contribution in [0, 0.1) is 0 Å². The van der Waals surface area contributed by atoms with Gasteiger partial charge in [-0.15, -0.1) is 0 Å². The largest absolute Gasteiger partial charge is 0.494 e. The minimum Gasteiger partial charge on any atom is -0.494 e. The van der Waals surface area contributed by atoms with Gasteiger partial charge in [0.2, 0.25) is 0 Å². The zero-order valence-electron chi connectivity index (χ0n) is 25.1. The van der Waals surface area contributed by atoms with Crippen molar-refractivity contribution in [1.29, 1.82) is 0 Å². The summed E-state index contributed by atoms with van der Waals surface area (Å²) in [6.45, 7) is 4.93. The van der Waals surface area contributed by atoms with E-state index in [1.165, 1.54) is 6.08 Å². The van der Waals surface area contributed by atoms with Gasteiger partial charge >= 0.3 is 0 Å². The quantitative estimate of drug-likeness (QED) is 0.0886. The predicted octanol–water partition coefficient (Wildman–Crippen LogP) is 7.92. The van der Waals surface area contributed by atoms with Crippen LogP contribution in [-0.2, 0) is 34.3 Å². The first-order valence-electron chi connectivity index (χ1n) is 14.8. The van der Waals surface area contributed by atoms with Crippen molar-refractivity contribution in [1.82, 2.24) is 9.55 Å². The molecule has 0 amide bonds. The van der Waals surface area contributed by atoms with Crippen molar-refractivity contribution >= 4 is 22.7 Å². The number of rotatable bonds is 17. The molecule has 1 unspecified atom stereocenters. The lowest BCUT2D eigenvalue weighted by molar-refractivity contribution is -0.113. The molecule has 0 aliphatic rings. The van der Waals surface area contributed by atoms with Crippen molar-refractivity contribution < 1.29 is 27.3 Å². The van der Waals surface area contributed by atoms with E-state index in [2.05, 4.69) is 18.8 Å². The van der Waals surface area contributed by atoms with Gasteiger partial charge in [-0.1, -0.05) is 50.6 Å². The number of halogens is 2. The van der Waals surface area contributed by atoms with Crippen LogP contribution in [0.15, 0.2) is 90.2 Å². The van der Waals surface area contributed by atoms with E-state index in [0.29, 0.717) is 22.8 Å². The summed E-state index contributed by atoms with van der Waals surface area (Å²) in [5.41, 5.74) is 3.99. The zero-order chi connectivity index (χ0) is 31.3. The Balaban J connectivity index is 1.43. The highest BCUT2D eigenvalue weighted by molar-refractivity contribution is 7.84. The molecular formula is C35H38F2N2O4S. The Morgan fingerprint density at radius 1 is 0.977 bits per heavy atom. The Bertz CT molecular complexity index is 1550. The van der Waals surface area contributed by atoms with Gasteiger partial charge in [-0.25, -0.2) is 13.8 Å². The van der Waals surface area contributed by atoms with E-state index in [-0.39, 0.29) is 18.0 Å². The van der Waals surface area contributed by atoms with Gasteiger partial charge in [-0.3, -0.25) is 9.00 Å². The van der Waals surface area contributed by atoms with Gasteiger partial charge in [0, 0.05) is 29.6 Å². The predicted molar refractivity (Wildman–Crippen MR) is 171 cm³/mol. The minimum atomic E-state index is -2.62. The fourth-order valence-electron chi connectivity index (χ4n) is 4.55. The number of imidazole rings is 1. The van der Waals surface area contributed by atoms with Crippen LogP contribution in [-0.4, -0.2) is 39.2 Å². The number of hydrogen-bond acceptors (Lipinski definition) is 5. The van der Waals surface area contributed by atoms with E-state index in [4.69, 9.17) is 9.47 Å². The molecule has 1 aromatic heterocycles. The lowest BCUT2D eigenvalue weighted by atomic mass is 10.0. The highest BCUT2D eigenvalue weighted by Crippen LogP contribution is 2.29. The molecule has 1 atom stereocenters. The first-order valence-corrected chi connectivity index (χ1v) is 16.1. The summed E-state index contributed by atoms with van der Waals surface area (Å²) in [6, 6.07) is 20.1. The second kappa shape index (κ2) is 16.7.